The number of carbonyl (C=O) groups is 1. The van der Waals surface area contributed by atoms with Crippen molar-refractivity contribution < 1.29 is 9.53 Å². The zero-order valence-corrected chi connectivity index (χ0v) is 13.7. The van der Waals surface area contributed by atoms with E-state index in [2.05, 4.69) is 9.88 Å². The van der Waals surface area contributed by atoms with E-state index in [1.807, 2.05) is 30.8 Å². The van der Waals surface area contributed by atoms with E-state index in [4.69, 9.17) is 4.74 Å². The van der Waals surface area contributed by atoms with Crippen molar-refractivity contribution in [1.29, 1.82) is 0 Å². The smallest absolute Gasteiger partial charge is 0.259 e. The molecule has 0 saturated carbocycles. The van der Waals surface area contributed by atoms with E-state index in [1.54, 1.807) is 25.4 Å². The highest BCUT2D eigenvalue weighted by Crippen LogP contribution is 2.22. The van der Waals surface area contributed by atoms with E-state index in [1.165, 1.54) is 0 Å². The van der Waals surface area contributed by atoms with E-state index < -0.39 is 0 Å². The highest BCUT2D eigenvalue weighted by atomic mass is 32.2. The molecule has 0 spiro atoms. The first-order valence-corrected chi connectivity index (χ1v) is 8.31. The number of rotatable bonds is 4. The predicted octanol–water partition coefficient (Wildman–Crippen LogP) is 1.60. The zero-order valence-electron chi connectivity index (χ0n) is 12.9. The Morgan fingerprint density at radius 1 is 1.57 bits per heavy atom. The Balaban J connectivity index is 2.24. The maximum Gasteiger partial charge on any atom is 0.259 e. The van der Waals surface area contributed by atoms with Crippen LogP contribution in [0.15, 0.2) is 18.3 Å². The van der Waals surface area contributed by atoms with Gasteiger partial charge in [0.15, 0.2) is 0 Å². The lowest BCUT2D eigenvalue weighted by Crippen LogP contribution is -2.46. The van der Waals surface area contributed by atoms with Gasteiger partial charge in [-0.15, -0.1) is 0 Å². The molecule has 1 atom stereocenters. The van der Waals surface area contributed by atoms with Crippen molar-refractivity contribution in [3.8, 4) is 5.88 Å². The number of aromatic nitrogens is 1. The molecule has 0 aromatic carbocycles. The topological polar surface area (TPSA) is 45.7 Å². The van der Waals surface area contributed by atoms with Crippen molar-refractivity contribution in [2.75, 3.05) is 45.8 Å². The first-order chi connectivity index (χ1) is 10.1. The molecule has 2 rings (SSSR count). The number of ether oxygens (including phenoxy) is 1. The number of thioether (sulfide) groups is 1. The quantitative estimate of drug-likeness (QED) is 0.845. The number of pyridine rings is 1. The van der Waals surface area contributed by atoms with Crippen molar-refractivity contribution in [1.82, 2.24) is 14.8 Å². The summed E-state index contributed by atoms with van der Waals surface area (Å²) in [4.78, 5) is 21.2. The molecule has 1 saturated heterocycles. The number of methoxy groups -OCH3 is 1. The van der Waals surface area contributed by atoms with Gasteiger partial charge in [-0.3, -0.25) is 4.79 Å². The molecule has 0 radical (unpaired) electrons. The molecule has 0 N–H and O–H groups in total. The highest BCUT2D eigenvalue weighted by Gasteiger charge is 2.28. The van der Waals surface area contributed by atoms with E-state index >= 15 is 0 Å². The molecule has 5 nitrogen and oxygen atoms in total. The first kappa shape index (κ1) is 16.1. The van der Waals surface area contributed by atoms with Gasteiger partial charge in [-0.05, 0) is 38.4 Å². The largest absolute Gasteiger partial charge is 0.480 e. The lowest BCUT2D eigenvalue weighted by Gasteiger charge is -2.32. The van der Waals surface area contributed by atoms with Crippen molar-refractivity contribution in [3.63, 3.8) is 0 Å². The van der Waals surface area contributed by atoms with Crippen molar-refractivity contribution in [2.24, 2.45) is 0 Å². The molecule has 2 heterocycles. The van der Waals surface area contributed by atoms with Crippen LogP contribution in [-0.2, 0) is 0 Å². The summed E-state index contributed by atoms with van der Waals surface area (Å²) >= 11 is 1.92. The Bertz CT molecular complexity index is 482. The molecule has 21 heavy (non-hydrogen) atoms. The van der Waals surface area contributed by atoms with Gasteiger partial charge in [-0.1, -0.05) is 0 Å². The molecule has 0 bridgehead atoms. The fraction of sp³-hybridized carbons (Fsp3) is 0.600. The molecule has 1 aromatic heterocycles. The highest BCUT2D eigenvalue weighted by molar-refractivity contribution is 7.99. The minimum absolute atomic E-state index is 0.0225. The molecular weight excluding hydrogens is 286 g/mol. The van der Waals surface area contributed by atoms with Crippen LogP contribution in [0.4, 0.5) is 0 Å². The van der Waals surface area contributed by atoms with Crippen LogP contribution in [0.25, 0.3) is 0 Å². The molecule has 1 fully saturated rings. The van der Waals surface area contributed by atoms with Gasteiger partial charge in [0.25, 0.3) is 5.91 Å². The van der Waals surface area contributed by atoms with Gasteiger partial charge >= 0.3 is 0 Å². The summed E-state index contributed by atoms with van der Waals surface area (Å²) in [6.45, 7) is 1.67. The number of carbonyl (C=O) groups excluding carboxylic acids is 1. The van der Waals surface area contributed by atoms with Crippen LogP contribution in [0.2, 0.25) is 0 Å². The fourth-order valence-electron chi connectivity index (χ4n) is 2.54. The summed E-state index contributed by atoms with van der Waals surface area (Å²) in [6, 6.07) is 3.80. The van der Waals surface area contributed by atoms with Crippen LogP contribution < -0.4 is 4.74 Å². The van der Waals surface area contributed by atoms with E-state index in [0.717, 1.165) is 31.0 Å². The second-order valence-electron chi connectivity index (χ2n) is 5.40. The number of likely N-dealkylation sites (N-methyl/N-ethyl adjacent to an activating group) is 1. The van der Waals surface area contributed by atoms with Gasteiger partial charge in [0, 0.05) is 25.0 Å². The third-order valence-electron chi connectivity index (χ3n) is 3.47. The summed E-state index contributed by atoms with van der Waals surface area (Å²) < 4.78 is 5.23. The Morgan fingerprint density at radius 3 is 3.10 bits per heavy atom. The molecule has 116 valence electrons. The molecule has 1 unspecified atom stereocenters. The monoisotopic (exact) mass is 309 g/mol. The summed E-state index contributed by atoms with van der Waals surface area (Å²) in [5, 5.41) is 0. The molecule has 1 amide bonds. The second kappa shape index (κ2) is 7.66. The molecule has 1 aliphatic rings. The predicted molar refractivity (Wildman–Crippen MR) is 86.1 cm³/mol. The van der Waals surface area contributed by atoms with Gasteiger partial charge in [0.1, 0.15) is 5.56 Å². The number of nitrogens with zero attached hydrogens (tertiary/aromatic N) is 3. The Hall–Kier alpha value is -1.27. The third-order valence-corrected chi connectivity index (χ3v) is 4.67. The molecule has 0 aliphatic carbocycles. The van der Waals surface area contributed by atoms with Crippen LogP contribution in [-0.4, -0.2) is 72.5 Å². The Morgan fingerprint density at radius 2 is 2.38 bits per heavy atom. The molecular formula is C15H23N3O2S. The van der Waals surface area contributed by atoms with Crippen LogP contribution in [0, 0.1) is 0 Å². The average molecular weight is 309 g/mol. The SMILES string of the molecule is COc1ncccc1C(=O)N1CCCSCC1CN(C)C. The van der Waals surface area contributed by atoms with Gasteiger partial charge in [-0.25, -0.2) is 4.98 Å². The second-order valence-corrected chi connectivity index (χ2v) is 6.55. The maximum atomic E-state index is 12.9. The van der Waals surface area contributed by atoms with Crippen LogP contribution in [0.3, 0.4) is 0 Å². The summed E-state index contributed by atoms with van der Waals surface area (Å²) in [5.41, 5.74) is 0.552. The van der Waals surface area contributed by atoms with Gasteiger partial charge in [0.2, 0.25) is 5.88 Å². The van der Waals surface area contributed by atoms with Crippen LogP contribution in [0.5, 0.6) is 5.88 Å². The minimum Gasteiger partial charge on any atom is -0.480 e. The Kier molecular flexibility index (Phi) is 5.87. The minimum atomic E-state index is 0.0225. The van der Waals surface area contributed by atoms with Gasteiger partial charge in [-0.2, -0.15) is 11.8 Å². The van der Waals surface area contributed by atoms with Crippen molar-refractivity contribution >= 4 is 17.7 Å². The summed E-state index contributed by atoms with van der Waals surface area (Å²) in [5.74, 6) is 2.52. The average Bonchev–Trinajstić information content (AvgIpc) is 2.71. The van der Waals surface area contributed by atoms with Crippen molar-refractivity contribution in [2.45, 2.75) is 12.5 Å². The van der Waals surface area contributed by atoms with Crippen LogP contribution >= 0.6 is 11.8 Å². The summed E-state index contributed by atoms with van der Waals surface area (Å²) in [6.07, 6.45) is 2.67. The maximum absolute atomic E-state index is 12.9. The molecule has 1 aromatic rings. The summed E-state index contributed by atoms with van der Waals surface area (Å²) in [7, 11) is 5.64. The van der Waals surface area contributed by atoms with E-state index in [0.29, 0.717) is 11.4 Å². The number of amides is 1. The van der Waals surface area contributed by atoms with Crippen molar-refractivity contribution in [3.05, 3.63) is 23.9 Å². The first-order valence-electron chi connectivity index (χ1n) is 7.16. The van der Waals surface area contributed by atoms with E-state index in [9.17, 15) is 4.79 Å². The van der Waals surface area contributed by atoms with E-state index in [-0.39, 0.29) is 11.9 Å². The Labute approximate surface area is 130 Å². The lowest BCUT2D eigenvalue weighted by atomic mass is 10.1. The third kappa shape index (κ3) is 4.11. The van der Waals surface area contributed by atoms with Gasteiger partial charge in [0.05, 0.1) is 13.2 Å². The fourth-order valence-corrected chi connectivity index (χ4v) is 3.60. The standard InChI is InChI=1S/C15H23N3O2S/c1-17(2)10-12-11-21-9-5-8-18(12)15(19)13-6-4-7-16-14(13)20-3/h4,6-7,12H,5,8-11H2,1-3H3. The number of hydrogen-bond donors (Lipinski definition) is 0. The number of hydrogen-bond acceptors (Lipinski definition) is 5. The lowest BCUT2D eigenvalue weighted by molar-refractivity contribution is 0.0671. The normalized spacial score (nSPS) is 19.4. The van der Waals surface area contributed by atoms with Crippen LogP contribution in [0.1, 0.15) is 16.8 Å². The molecule has 6 heteroatoms. The zero-order chi connectivity index (χ0) is 15.2. The van der Waals surface area contributed by atoms with Gasteiger partial charge < -0.3 is 14.5 Å². The molecule has 1 aliphatic heterocycles.